The highest BCUT2D eigenvalue weighted by molar-refractivity contribution is 6.17. The quantitative estimate of drug-likeness (QED) is 0.0825. The van der Waals surface area contributed by atoms with Gasteiger partial charge in [-0.1, -0.05) is 0 Å². The first-order chi connectivity index (χ1) is 34.4. The van der Waals surface area contributed by atoms with Gasteiger partial charge in [-0.05, 0) is 123 Å². The molecule has 6 fully saturated rings. The second kappa shape index (κ2) is 18.6. The summed E-state index contributed by atoms with van der Waals surface area (Å²) in [5, 5.41) is 11.8. The molecule has 3 aromatic carbocycles. The molecule has 6 aliphatic heterocycles. The third kappa shape index (κ3) is 9.05. The van der Waals surface area contributed by atoms with Crippen molar-refractivity contribution in [2.24, 2.45) is 11.3 Å². The van der Waals surface area contributed by atoms with Crippen molar-refractivity contribution in [3.63, 3.8) is 0 Å². The summed E-state index contributed by atoms with van der Waals surface area (Å²) in [5.41, 5.74) is 2.66. The number of fused-ring (bicyclic) bond motifs is 4. The summed E-state index contributed by atoms with van der Waals surface area (Å²) in [6, 6.07) is 19.9. The van der Waals surface area contributed by atoms with Crippen LogP contribution in [0.3, 0.4) is 0 Å². The third-order valence-corrected chi connectivity index (χ3v) is 15.0. The first-order valence-corrected chi connectivity index (χ1v) is 24.2. The van der Waals surface area contributed by atoms with Gasteiger partial charge in [0.15, 0.2) is 0 Å². The van der Waals surface area contributed by atoms with E-state index in [0.29, 0.717) is 78.2 Å². The summed E-state index contributed by atoms with van der Waals surface area (Å²) in [4.78, 5) is 94.2. The fraction of sp³-hybridized carbons (Fsp3) is 0.385. The van der Waals surface area contributed by atoms with E-state index < -0.39 is 35.0 Å². The predicted octanol–water partition coefficient (Wildman–Crippen LogP) is 5.30. The fourth-order valence-electron chi connectivity index (χ4n) is 10.8. The second-order valence-corrected chi connectivity index (χ2v) is 19.4. The monoisotopic (exact) mass is 964 g/mol. The molecule has 19 heteroatoms. The number of carbonyl (C=O) groups is 6. The first-order valence-electron chi connectivity index (χ1n) is 24.2. The topological polar surface area (TPSA) is 208 Å². The van der Waals surface area contributed by atoms with Crippen molar-refractivity contribution in [3.8, 4) is 17.2 Å². The molecule has 2 bridgehead atoms. The summed E-state index contributed by atoms with van der Waals surface area (Å²) < 4.78 is 25.6. The highest BCUT2D eigenvalue weighted by Crippen LogP contribution is 2.48. The van der Waals surface area contributed by atoms with Gasteiger partial charge in [-0.25, -0.2) is 9.37 Å². The van der Waals surface area contributed by atoms with Gasteiger partial charge in [-0.15, -0.1) is 0 Å². The lowest BCUT2D eigenvalue weighted by Crippen LogP contribution is -2.70. The number of hydrogen-bond donors (Lipinski definition) is 4. The van der Waals surface area contributed by atoms with E-state index in [0.717, 1.165) is 66.8 Å². The summed E-state index contributed by atoms with van der Waals surface area (Å²) in [6.07, 6.45) is 7.64. The molecular formula is C52H53FN10O8. The highest BCUT2D eigenvalue weighted by Gasteiger charge is 2.56. The average Bonchev–Trinajstić information content (AvgIpc) is 4.14. The molecule has 0 radical (unpaired) electrons. The number of carbonyl (C=O) groups excluding carboxylic acids is 6. The summed E-state index contributed by atoms with van der Waals surface area (Å²) in [5.74, 6) is 0.566. The molecule has 18 nitrogen and oxygen atoms in total. The zero-order valence-electron chi connectivity index (χ0n) is 39.1. The van der Waals surface area contributed by atoms with E-state index in [-0.39, 0.29) is 43.7 Å². The smallest absolute Gasteiger partial charge is 0.256 e. The van der Waals surface area contributed by atoms with Gasteiger partial charge in [0.1, 0.15) is 40.3 Å². The minimum absolute atomic E-state index is 0.00283. The van der Waals surface area contributed by atoms with E-state index in [1.807, 2.05) is 11.0 Å². The molecule has 1 saturated carbocycles. The maximum absolute atomic E-state index is 13.4. The van der Waals surface area contributed by atoms with Crippen LogP contribution in [0.15, 0.2) is 85.2 Å². The zero-order valence-corrected chi connectivity index (χ0v) is 39.1. The van der Waals surface area contributed by atoms with E-state index in [4.69, 9.17) is 9.47 Å². The number of imide groups is 1. The van der Waals surface area contributed by atoms with Crippen LogP contribution in [-0.4, -0.2) is 125 Å². The molecule has 8 heterocycles. The number of benzene rings is 3. The van der Waals surface area contributed by atoms with Crippen LogP contribution in [0, 0.1) is 17.2 Å². The molecule has 3 unspecified atom stereocenters. The molecule has 2 aromatic heterocycles. The van der Waals surface area contributed by atoms with Gasteiger partial charge in [-0.3, -0.25) is 44.0 Å². The number of ether oxygens (including phenoxy) is 2. The normalized spacial score (nSPS) is 21.5. The first kappa shape index (κ1) is 45.8. The van der Waals surface area contributed by atoms with Crippen molar-refractivity contribution in [2.75, 3.05) is 67.2 Å². The van der Waals surface area contributed by atoms with Gasteiger partial charge >= 0.3 is 0 Å². The Labute approximate surface area is 408 Å². The third-order valence-electron chi connectivity index (χ3n) is 15.0. The average molecular weight is 965 g/mol. The molecule has 71 heavy (non-hydrogen) atoms. The molecular weight excluding hydrogens is 912 g/mol. The Morgan fingerprint density at radius 2 is 1.56 bits per heavy atom. The molecule has 5 saturated heterocycles. The van der Waals surface area contributed by atoms with Gasteiger partial charge in [0.25, 0.3) is 5.91 Å². The van der Waals surface area contributed by atoms with Crippen molar-refractivity contribution in [1.82, 2.24) is 30.0 Å². The van der Waals surface area contributed by atoms with Crippen molar-refractivity contribution < 1.29 is 42.6 Å². The van der Waals surface area contributed by atoms with Crippen molar-refractivity contribution in [3.05, 3.63) is 102 Å². The standard InChI is InChI=1S/C52H53FN10O8/c1-70-44-22-38-40(54-17-12-43(38)71-37-8-6-34(7-9-37)58-51(69)52(15-16-52)50(68)57-33-4-2-32(53)3-5-33)23-42(44)60-18-13-30(14-19-60)26-62-35-21-36(62)29-61(28-35)47(65)25-56-45-20-31-27-63(49(67)39(31)24-55-45)41-10-11-46(64)59-48(41)66/h2-9,12,17,20,22-24,30,35-36,41H,10-11,13-16,18-19,21,25-29H2,1H3,(H,55,56)(H,57,68)(H,58,69)(H,59,64,66). The summed E-state index contributed by atoms with van der Waals surface area (Å²) >= 11 is 0. The van der Waals surface area contributed by atoms with E-state index in [2.05, 4.69) is 47.1 Å². The number of aromatic nitrogens is 2. The number of halogens is 1. The number of piperidine rings is 3. The predicted molar refractivity (Wildman–Crippen MR) is 259 cm³/mol. The molecule has 5 aromatic rings. The largest absolute Gasteiger partial charge is 0.495 e. The molecule has 7 aliphatic rings. The molecule has 4 N–H and O–H groups in total. The van der Waals surface area contributed by atoms with Gasteiger partial charge in [0.05, 0.1) is 30.4 Å². The Kier molecular flexibility index (Phi) is 12.0. The maximum Gasteiger partial charge on any atom is 0.256 e. The minimum atomic E-state index is -1.18. The Hall–Kier alpha value is -7.67. The number of anilines is 4. The number of piperazine rings is 1. The van der Waals surface area contributed by atoms with E-state index >= 15 is 0 Å². The van der Waals surface area contributed by atoms with Gasteiger partial charge in [0.2, 0.25) is 29.5 Å². The molecule has 366 valence electrons. The van der Waals surface area contributed by atoms with Crippen LogP contribution in [0.4, 0.5) is 27.3 Å². The maximum atomic E-state index is 13.4. The SMILES string of the molecule is COc1cc2c(Oc3ccc(NC(=O)C4(C(=O)Nc5ccc(F)cc5)CC4)cc3)ccnc2cc1N1CCC(CN2C3CC2CN(C(=O)CNc2cc4c(cn2)C(=O)N(C2CCC(=O)NC2=O)C4)C3)CC1. The lowest BCUT2D eigenvalue weighted by atomic mass is 9.84. The number of nitrogens with one attached hydrogen (secondary N) is 4. The minimum Gasteiger partial charge on any atom is -0.495 e. The van der Waals surface area contributed by atoms with E-state index in [9.17, 15) is 33.2 Å². The molecule has 3 atom stereocenters. The Balaban J connectivity index is 0.647. The van der Waals surface area contributed by atoms with Gasteiger partial charge in [0, 0.05) is 86.9 Å². The van der Waals surface area contributed by atoms with E-state index in [1.165, 1.54) is 35.4 Å². The van der Waals surface area contributed by atoms with Gasteiger partial charge < -0.3 is 40.1 Å². The van der Waals surface area contributed by atoms with Crippen LogP contribution < -0.4 is 35.6 Å². The molecule has 1 aliphatic carbocycles. The van der Waals surface area contributed by atoms with Crippen LogP contribution >= 0.6 is 0 Å². The van der Waals surface area contributed by atoms with Crippen LogP contribution in [0.5, 0.6) is 17.2 Å². The fourth-order valence-corrected chi connectivity index (χ4v) is 10.8. The number of pyridine rings is 2. The number of rotatable bonds is 14. The van der Waals surface area contributed by atoms with Crippen LogP contribution in [-0.2, 0) is 30.5 Å². The van der Waals surface area contributed by atoms with Crippen LogP contribution in [0.2, 0.25) is 0 Å². The second-order valence-electron chi connectivity index (χ2n) is 19.4. The number of hydrogen-bond acceptors (Lipinski definition) is 13. The Bertz CT molecular complexity index is 2950. The molecule has 6 amide bonds. The Morgan fingerprint density at radius 3 is 2.24 bits per heavy atom. The van der Waals surface area contributed by atoms with Crippen LogP contribution in [0.1, 0.15) is 60.9 Å². The number of methoxy groups -OCH3 is 1. The zero-order chi connectivity index (χ0) is 49.0. The highest BCUT2D eigenvalue weighted by atomic mass is 19.1. The lowest BCUT2D eigenvalue weighted by molar-refractivity contribution is -0.143. The number of nitrogens with zero attached hydrogens (tertiary/aromatic N) is 6. The molecule has 0 spiro atoms. The Morgan fingerprint density at radius 1 is 0.859 bits per heavy atom. The van der Waals surface area contributed by atoms with Crippen LogP contribution in [0.25, 0.3) is 10.9 Å². The van der Waals surface area contributed by atoms with Crippen molar-refractivity contribution in [2.45, 2.75) is 69.6 Å². The van der Waals surface area contributed by atoms with E-state index in [1.54, 1.807) is 49.7 Å². The molecule has 12 rings (SSSR count). The summed E-state index contributed by atoms with van der Waals surface area (Å²) in [6.45, 7) is 4.42. The van der Waals surface area contributed by atoms with Gasteiger partial charge in [-0.2, -0.15) is 0 Å². The lowest BCUT2D eigenvalue weighted by Gasteiger charge is -2.57. The summed E-state index contributed by atoms with van der Waals surface area (Å²) in [7, 11) is 1.67. The van der Waals surface area contributed by atoms with Crippen molar-refractivity contribution >= 4 is 69.2 Å². The van der Waals surface area contributed by atoms with Crippen molar-refractivity contribution in [1.29, 1.82) is 0 Å². The number of amides is 6.